The van der Waals surface area contributed by atoms with E-state index in [2.05, 4.69) is 5.10 Å². The third kappa shape index (κ3) is 1.93. The van der Waals surface area contributed by atoms with Crippen LogP contribution in [0.5, 0.6) is 0 Å². The molecule has 2 rings (SSSR count). The van der Waals surface area contributed by atoms with Crippen LogP contribution < -0.4 is 11.6 Å². The number of hydrazone groups is 1. The van der Waals surface area contributed by atoms with E-state index in [-0.39, 0.29) is 0 Å². The summed E-state index contributed by atoms with van der Waals surface area (Å²) in [7, 11) is 0. The molecule has 3 nitrogen and oxygen atoms in total. The summed E-state index contributed by atoms with van der Waals surface area (Å²) >= 11 is 1.62. The van der Waals surface area contributed by atoms with Gasteiger partial charge in [0.15, 0.2) is 5.17 Å². The van der Waals surface area contributed by atoms with Crippen LogP contribution in [0.15, 0.2) is 5.10 Å². The third-order valence-electron chi connectivity index (χ3n) is 3.46. The summed E-state index contributed by atoms with van der Waals surface area (Å²) in [6.07, 6.45) is 5.78. The molecule has 0 spiro atoms. The van der Waals surface area contributed by atoms with Gasteiger partial charge in [-0.15, -0.1) is 0 Å². The summed E-state index contributed by atoms with van der Waals surface area (Å²) in [5, 5.41) is 4.00. The molecule has 13 heavy (non-hydrogen) atoms. The maximum Gasteiger partial charge on any atom is 0.177 e. The van der Waals surface area contributed by atoms with Crippen molar-refractivity contribution in [3.05, 3.63) is 0 Å². The minimum atomic E-state index is 0.530. The highest BCUT2D eigenvalue weighted by Crippen LogP contribution is 2.49. The highest BCUT2D eigenvalue weighted by Gasteiger charge is 2.39. The maximum atomic E-state index is 5.54. The molecule has 74 valence electrons. The SMILES string of the molecule is NN=C(N)SCC1CC2CCC1C2. The smallest absolute Gasteiger partial charge is 0.177 e. The lowest BCUT2D eigenvalue weighted by atomic mass is 9.90. The Morgan fingerprint density at radius 1 is 1.38 bits per heavy atom. The van der Waals surface area contributed by atoms with Gasteiger partial charge in [0.05, 0.1) is 0 Å². The van der Waals surface area contributed by atoms with Crippen LogP contribution in [-0.2, 0) is 0 Å². The molecule has 3 atom stereocenters. The molecule has 2 aliphatic carbocycles. The average molecular weight is 199 g/mol. The number of hydrogen-bond donors (Lipinski definition) is 2. The van der Waals surface area contributed by atoms with E-state index in [9.17, 15) is 0 Å². The largest absolute Gasteiger partial charge is 0.377 e. The van der Waals surface area contributed by atoms with Crippen LogP contribution in [0.4, 0.5) is 0 Å². The van der Waals surface area contributed by atoms with Crippen molar-refractivity contribution in [2.75, 3.05) is 5.75 Å². The number of amidine groups is 1. The van der Waals surface area contributed by atoms with Crippen LogP contribution in [0, 0.1) is 17.8 Å². The molecule has 0 aliphatic heterocycles. The standard InChI is InChI=1S/C9H17N3S/c10-9(12-11)13-5-8-4-6-1-2-7(8)3-6/h6-8H,1-5,11H2,(H2,10,12). The topological polar surface area (TPSA) is 64.4 Å². The second-order valence-electron chi connectivity index (χ2n) is 4.21. The normalized spacial score (nSPS) is 38.5. The van der Waals surface area contributed by atoms with Crippen LogP contribution in [0.1, 0.15) is 25.7 Å². The number of rotatable bonds is 2. The fourth-order valence-corrected chi connectivity index (χ4v) is 3.68. The Hall–Kier alpha value is -0.380. The predicted octanol–water partition coefficient (Wildman–Crippen LogP) is 1.34. The van der Waals surface area contributed by atoms with E-state index in [4.69, 9.17) is 11.6 Å². The van der Waals surface area contributed by atoms with Crippen LogP contribution in [0.3, 0.4) is 0 Å². The monoisotopic (exact) mass is 199 g/mol. The van der Waals surface area contributed by atoms with Gasteiger partial charge in [0.1, 0.15) is 0 Å². The maximum absolute atomic E-state index is 5.54. The van der Waals surface area contributed by atoms with Gasteiger partial charge in [0.2, 0.25) is 0 Å². The van der Waals surface area contributed by atoms with E-state index in [1.54, 1.807) is 11.8 Å². The Labute approximate surface area is 83.3 Å². The number of thioether (sulfide) groups is 1. The van der Waals surface area contributed by atoms with Gasteiger partial charge < -0.3 is 11.6 Å². The van der Waals surface area contributed by atoms with Crippen molar-refractivity contribution in [2.45, 2.75) is 25.7 Å². The predicted molar refractivity (Wildman–Crippen MR) is 57.2 cm³/mol. The molecule has 2 fully saturated rings. The van der Waals surface area contributed by atoms with Crippen molar-refractivity contribution < 1.29 is 0 Å². The van der Waals surface area contributed by atoms with Crippen molar-refractivity contribution in [3.8, 4) is 0 Å². The minimum absolute atomic E-state index is 0.530. The first-order valence-corrected chi connectivity index (χ1v) is 5.94. The van der Waals surface area contributed by atoms with Gasteiger partial charge in [-0.05, 0) is 37.0 Å². The summed E-state index contributed by atoms with van der Waals surface area (Å²) in [6.45, 7) is 0. The number of hydrogen-bond acceptors (Lipinski definition) is 3. The fourth-order valence-electron chi connectivity index (χ4n) is 2.81. The van der Waals surface area contributed by atoms with Gasteiger partial charge >= 0.3 is 0 Å². The molecule has 2 bridgehead atoms. The molecule has 0 aromatic carbocycles. The van der Waals surface area contributed by atoms with Gasteiger partial charge in [-0.3, -0.25) is 0 Å². The fraction of sp³-hybridized carbons (Fsp3) is 0.889. The zero-order chi connectivity index (χ0) is 9.26. The number of nitrogens with zero attached hydrogens (tertiary/aromatic N) is 1. The Morgan fingerprint density at radius 3 is 2.77 bits per heavy atom. The summed E-state index contributed by atoms with van der Waals surface area (Å²) in [5.74, 6) is 9.07. The molecule has 0 aromatic rings. The van der Waals surface area contributed by atoms with Gasteiger partial charge in [-0.1, -0.05) is 18.2 Å². The highest BCUT2D eigenvalue weighted by atomic mass is 32.2. The lowest BCUT2D eigenvalue weighted by Gasteiger charge is -2.20. The van der Waals surface area contributed by atoms with Crippen LogP contribution >= 0.6 is 11.8 Å². The average Bonchev–Trinajstić information content (AvgIpc) is 2.74. The first-order valence-electron chi connectivity index (χ1n) is 4.95. The van der Waals surface area contributed by atoms with Crippen LogP contribution in [0.25, 0.3) is 0 Å². The Balaban J connectivity index is 1.77. The minimum Gasteiger partial charge on any atom is -0.377 e. The highest BCUT2D eigenvalue weighted by molar-refractivity contribution is 8.13. The zero-order valence-electron chi connectivity index (χ0n) is 7.78. The Bertz CT molecular complexity index is 217. The lowest BCUT2D eigenvalue weighted by Crippen LogP contribution is -2.17. The van der Waals surface area contributed by atoms with Crippen molar-refractivity contribution in [2.24, 2.45) is 34.4 Å². The quantitative estimate of drug-likeness (QED) is 0.305. The summed E-state index contributed by atoms with van der Waals surface area (Å²) < 4.78 is 0. The van der Waals surface area contributed by atoms with E-state index in [0.29, 0.717) is 5.17 Å². The molecule has 0 heterocycles. The first-order chi connectivity index (χ1) is 6.29. The zero-order valence-corrected chi connectivity index (χ0v) is 8.59. The summed E-state index contributed by atoms with van der Waals surface area (Å²) in [5.41, 5.74) is 5.54. The van der Waals surface area contributed by atoms with E-state index >= 15 is 0 Å². The number of fused-ring (bicyclic) bond motifs is 2. The molecule has 3 unspecified atom stereocenters. The molecular weight excluding hydrogens is 182 g/mol. The molecule has 4 heteroatoms. The summed E-state index contributed by atoms with van der Waals surface area (Å²) in [4.78, 5) is 0. The van der Waals surface area contributed by atoms with Crippen molar-refractivity contribution >= 4 is 16.9 Å². The van der Waals surface area contributed by atoms with Crippen molar-refractivity contribution in [3.63, 3.8) is 0 Å². The molecule has 0 amide bonds. The third-order valence-corrected chi connectivity index (χ3v) is 4.45. The second kappa shape index (κ2) is 3.78. The van der Waals surface area contributed by atoms with E-state index in [0.717, 1.165) is 23.5 Å². The van der Waals surface area contributed by atoms with Crippen molar-refractivity contribution in [1.29, 1.82) is 0 Å². The summed E-state index contributed by atoms with van der Waals surface area (Å²) in [6, 6.07) is 0. The number of nitrogens with two attached hydrogens (primary N) is 2. The van der Waals surface area contributed by atoms with Gasteiger partial charge in [-0.25, -0.2) is 0 Å². The van der Waals surface area contributed by atoms with E-state index in [1.165, 1.54) is 25.7 Å². The van der Waals surface area contributed by atoms with Crippen LogP contribution in [-0.4, -0.2) is 10.9 Å². The Kier molecular flexibility index (Phi) is 2.67. The molecule has 2 saturated carbocycles. The Morgan fingerprint density at radius 2 is 2.23 bits per heavy atom. The molecule has 0 saturated heterocycles. The molecule has 4 N–H and O–H groups in total. The molecule has 2 aliphatic rings. The van der Waals surface area contributed by atoms with E-state index < -0.39 is 0 Å². The van der Waals surface area contributed by atoms with Crippen molar-refractivity contribution in [1.82, 2.24) is 0 Å². The molecule has 0 aromatic heterocycles. The lowest BCUT2D eigenvalue weighted by molar-refractivity contribution is 0.366. The van der Waals surface area contributed by atoms with E-state index in [1.807, 2.05) is 0 Å². The van der Waals surface area contributed by atoms with Crippen LogP contribution in [0.2, 0.25) is 0 Å². The first kappa shape index (κ1) is 9.19. The molecular formula is C9H17N3S. The van der Waals surface area contributed by atoms with Gasteiger partial charge in [-0.2, -0.15) is 5.10 Å². The van der Waals surface area contributed by atoms with Gasteiger partial charge in [0, 0.05) is 5.75 Å². The molecule has 0 radical (unpaired) electrons. The second-order valence-corrected chi connectivity index (χ2v) is 5.25. The van der Waals surface area contributed by atoms with Gasteiger partial charge in [0.25, 0.3) is 0 Å².